The molecule has 1 aliphatic rings. The standard InChI is InChI=1S/C19H34F2N2O3/c20-19(21)13-11-16(12-14-19)23-18(26)22-15-9-7-5-3-1-2-4-6-8-10-17(24)25/h16H,1-15H2,(H,24,25)(H2,22,23,26). The minimum Gasteiger partial charge on any atom is -0.481 e. The molecule has 0 aromatic carbocycles. The number of hydrogen-bond donors (Lipinski definition) is 3. The van der Waals surface area contributed by atoms with Gasteiger partial charge in [-0.05, 0) is 25.7 Å². The van der Waals surface area contributed by atoms with Crippen molar-refractivity contribution in [3.05, 3.63) is 0 Å². The van der Waals surface area contributed by atoms with E-state index in [1.165, 1.54) is 12.8 Å². The molecule has 0 atom stereocenters. The molecular formula is C19H34F2N2O3. The van der Waals surface area contributed by atoms with Crippen LogP contribution in [0.25, 0.3) is 0 Å². The number of hydrogen-bond acceptors (Lipinski definition) is 2. The quantitative estimate of drug-likeness (QED) is 0.402. The maximum atomic E-state index is 13.0. The van der Waals surface area contributed by atoms with Gasteiger partial charge in [-0.1, -0.05) is 44.9 Å². The number of unbranched alkanes of at least 4 members (excludes halogenated alkanes) is 8. The van der Waals surface area contributed by atoms with Crippen molar-refractivity contribution in [2.45, 2.75) is 102 Å². The van der Waals surface area contributed by atoms with Gasteiger partial charge in [0.05, 0.1) is 0 Å². The second-order valence-electron chi connectivity index (χ2n) is 7.36. The van der Waals surface area contributed by atoms with Crippen LogP contribution in [0.5, 0.6) is 0 Å². The van der Waals surface area contributed by atoms with Crippen LogP contribution in [0.3, 0.4) is 0 Å². The zero-order chi connectivity index (χ0) is 19.3. The third-order valence-electron chi connectivity index (χ3n) is 4.91. The number of aliphatic carboxylic acids is 1. The van der Waals surface area contributed by atoms with Crippen molar-refractivity contribution < 1.29 is 23.5 Å². The molecule has 0 heterocycles. The summed E-state index contributed by atoms with van der Waals surface area (Å²) in [6, 6.07) is -0.383. The van der Waals surface area contributed by atoms with E-state index >= 15 is 0 Å². The first-order valence-electron chi connectivity index (χ1n) is 10.0. The fraction of sp³-hybridized carbons (Fsp3) is 0.895. The predicted molar refractivity (Wildman–Crippen MR) is 97.5 cm³/mol. The summed E-state index contributed by atoms with van der Waals surface area (Å²) in [6.07, 6.45) is 10.2. The van der Waals surface area contributed by atoms with Gasteiger partial charge >= 0.3 is 12.0 Å². The van der Waals surface area contributed by atoms with Gasteiger partial charge in [-0.15, -0.1) is 0 Å². The number of carbonyl (C=O) groups is 2. The minimum absolute atomic E-state index is 0.134. The summed E-state index contributed by atoms with van der Waals surface area (Å²) >= 11 is 0. The van der Waals surface area contributed by atoms with Gasteiger partial charge in [-0.2, -0.15) is 0 Å². The van der Waals surface area contributed by atoms with Crippen LogP contribution in [-0.2, 0) is 4.79 Å². The number of halogens is 2. The van der Waals surface area contributed by atoms with Gasteiger partial charge in [-0.25, -0.2) is 13.6 Å². The Kier molecular flexibility index (Phi) is 11.2. The van der Waals surface area contributed by atoms with Gasteiger partial charge in [0.1, 0.15) is 0 Å². The molecule has 1 saturated carbocycles. The SMILES string of the molecule is O=C(O)CCCCCCCCCCCNC(=O)NC1CCC(F)(F)CC1. The molecular weight excluding hydrogens is 342 g/mol. The maximum absolute atomic E-state index is 13.0. The number of nitrogens with one attached hydrogen (secondary N) is 2. The van der Waals surface area contributed by atoms with Gasteiger partial charge in [0.25, 0.3) is 0 Å². The average Bonchev–Trinajstić information content (AvgIpc) is 2.57. The highest BCUT2D eigenvalue weighted by molar-refractivity contribution is 5.74. The molecule has 0 aliphatic heterocycles. The number of urea groups is 1. The van der Waals surface area contributed by atoms with Crippen molar-refractivity contribution in [1.82, 2.24) is 10.6 Å². The first kappa shape index (κ1) is 22.6. The number of carboxylic acid groups (broad SMARTS) is 1. The number of carbonyl (C=O) groups excluding carboxylic acids is 1. The molecule has 0 aromatic rings. The van der Waals surface area contributed by atoms with E-state index in [4.69, 9.17) is 5.11 Å². The fourth-order valence-corrected chi connectivity index (χ4v) is 3.26. The van der Waals surface area contributed by atoms with Crippen LogP contribution in [-0.4, -0.2) is 35.6 Å². The molecule has 0 spiro atoms. The Morgan fingerprint density at radius 2 is 1.38 bits per heavy atom. The second-order valence-corrected chi connectivity index (χ2v) is 7.36. The molecule has 0 bridgehead atoms. The number of carboxylic acids is 1. The number of amides is 2. The summed E-state index contributed by atoms with van der Waals surface area (Å²) < 4.78 is 26.1. The van der Waals surface area contributed by atoms with Crippen LogP contribution in [0.15, 0.2) is 0 Å². The zero-order valence-electron chi connectivity index (χ0n) is 15.7. The summed E-state index contributed by atoms with van der Waals surface area (Å²) in [4.78, 5) is 22.1. The van der Waals surface area contributed by atoms with E-state index < -0.39 is 11.9 Å². The fourth-order valence-electron chi connectivity index (χ4n) is 3.26. The highest BCUT2D eigenvalue weighted by Gasteiger charge is 2.35. The van der Waals surface area contributed by atoms with E-state index in [0.29, 0.717) is 19.4 Å². The molecule has 152 valence electrons. The van der Waals surface area contributed by atoms with Gasteiger partial charge in [0.15, 0.2) is 0 Å². The van der Waals surface area contributed by atoms with E-state index in [2.05, 4.69) is 10.6 Å². The largest absolute Gasteiger partial charge is 0.481 e. The molecule has 7 heteroatoms. The molecule has 1 rings (SSSR count). The Morgan fingerprint density at radius 3 is 1.92 bits per heavy atom. The Balaban J connectivity index is 1.84. The summed E-state index contributed by atoms with van der Waals surface area (Å²) in [6.45, 7) is 0.615. The lowest BCUT2D eigenvalue weighted by Gasteiger charge is -2.28. The minimum atomic E-state index is -2.56. The lowest BCUT2D eigenvalue weighted by Crippen LogP contribution is -2.45. The molecule has 0 unspecified atom stereocenters. The molecule has 26 heavy (non-hydrogen) atoms. The second kappa shape index (κ2) is 12.9. The summed E-state index contributed by atoms with van der Waals surface area (Å²) in [5.74, 6) is -3.28. The highest BCUT2D eigenvalue weighted by Crippen LogP contribution is 2.32. The van der Waals surface area contributed by atoms with Gasteiger partial charge in [-0.3, -0.25) is 4.79 Å². The molecule has 1 fully saturated rings. The highest BCUT2D eigenvalue weighted by atomic mass is 19.3. The summed E-state index contributed by atoms with van der Waals surface area (Å²) in [5.41, 5.74) is 0. The predicted octanol–water partition coefficient (Wildman–Crippen LogP) is 4.85. The molecule has 5 nitrogen and oxygen atoms in total. The topological polar surface area (TPSA) is 78.4 Å². The number of alkyl halides is 2. The number of rotatable bonds is 13. The van der Waals surface area contributed by atoms with Crippen LogP contribution < -0.4 is 10.6 Å². The van der Waals surface area contributed by atoms with Crippen LogP contribution in [0.2, 0.25) is 0 Å². The van der Waals surface area contributed by atoms with Crippen molar-refractivity contribution in [3.8, 4) is 0 Å². The van der Waals surface area contributed by atoms with E-state index in [-0.39, 0.29) is 31.3 Å². The summed E-state index contributed by atoms with van der Waals surface area (Å²) in [7, 11) is 0. The average molecular weight is 376 g/mol. The third kappa shape index (κ3) is 12.0. The van der Waals surface area contributed by atoms with Crippen molar-refractivity contribution >= 4 is 12.0 Å². The molecule has 0 aromatic heterocycles. The molecule has 2 amide bonds. The van der Waals surface area contributed by atoms with Crippen LogP contribution >= 0.6 is 0 Å². The van der Waals surface area contributed by atoms with Crippen molar-refractivity contribution in [2.24, 2.45) is 0 Å². The smallest absolute Gasteiger partial charge is 0.315 e. The van der Waals surface area contributed by atoms with E-state index in [1.807, 2.05) is 0 Å². The Morgan fingerprint density at radius 1 is 0.885 bits per heavy atom. The third-order valence-corrected chi connectivity index (χ3v) is 4.91. The first-order valence-corrected chi connectivity index (χ1v) is 10.0. The van der Waals surface area contributed by atoms with Crippen molar-refractivity contribution in [1.29, 1.82) is 0 Å². The normalized spacial score (nSPS) is 17.0. The lowest BCUT2D eigenvalue weighted by atomic mass is 9.92. The monoisotopic (exact) mass is 376 g/mol. The molecule has 3 N–H and O–H groups in total. The van der Waals surface area contributed by atoms with Gasteiger partial charge < -0.3 is 15.7 Å². The van der Waals surface area contributed by atoms with E-state index in [1.54, 1.807) is 0 Å². The molecule has 0 saturated heterocycles. The first-order chi connectivity index (χ1) is 12.4. The van der Waals surface area contributed by atoms with Crippen LogP contribution in [0, 0.1) is 0 Å². The van der Waals surface area contributed by atoms with E-state index in [9.17, 15) is 18.4 Å². The maximum Gasteiger partial charge on any atom is 0.315 e. The Labute approximate surface area is 155 Å². The Bertz CT molecular complexity index is 410. The van der Waals surface area contributed by atoms with Crippen LogP contribution in [0.1, 0.15) is 89.9 Å². The zero-order valence-corrected chi connectivity index (χ0v) is 15.7. The Hall–Kier alpha value is -1.40. The van der Waals surface area contributed by atoms with Gasteiger partial charge in [0.2, 0.25) is 5.92 Å². The van der Waals surface area contributed by atoms with Crippen molar-refractivity contribution in [2.75, 3.05) is 6.54 Å². The molecule has 0 radical (unpaired) electrons. The van der Waals surface area contributed by atoms with E-state index in [0.717, 1.165) is 44.9 Å². The molecule has 1 aliphatic carbocycles. The van der Waals surface area contributed by atoms with Crippen molar-refractivity contribution in [3.63, 3.8) is 0 Å². The lowest BCUT2D eigenvalue weighted by molar-refractivity contribution is -0.137. The van der Waals surface area contributed by atoms with Crippen LogP contribution in [0.4, 0.5) is 13.6 Å². The van der Waals surface area contributed by atoms with Gasteiger partial charge in [0, 0.05) is 31.8 Å². The summed E-state index contributed by atoms with van der Waals surface area (Å²) in [5, 5.41) is 14.1.